The van der Waals surface area contributed by atoms with E-state index in [1.54, 1.807) is 20.0 Å². The number of aliphatic carboxylic acids is 2. The van der Waals surface area contributed by atoms with Gasteiger partial charge in [-0.05, 0) is 57.4 Å². The number of rotatable bonds is 12. The molecule has 0 saturated carbocycles. The number of hydrogen-bond donors (Lipinski definition) is 3. The Bertz CT molecular complexity index is 1580. The van der Waals surface area contributed by atoms with Crippen LogP contribution in [-0.4, -0.2) is 56.5 Å². The highest BCUT2D eigenvalue weighted by molar-refractivity contribution is 5.84. The van der Waals surface area contributed by atoms with Crippen molar-refractivity contribution in [2.24, 2.45) is 10.8 Å². The number of carboxylic acid groups (broad SMARTS) is 2. The lowest BCUT2D eigenvalue weighted by Gasteiger charge is -2.56. The standard InChI is InChI=1S/C35H42F3N3O6/c1-22-33(3,31(42)43)30(25-12-6-7-13-26(25)35(36,37)38)34(32(44)45,23(2)40-22)16-10-4-5-11-18-41-19-17-39-29(41)20-24-21-46-27-14-8-9-15-28(27)47-24/h6-9,12-15,17,19,22-24,30,40H,4-5,10-11,16,18,20-21H2,1-3H3,(H,42,43)(H,44,45). The van der Waals surface area contributed by atoms with Crippen molar-refractivity contribution in [1.82, 2.24) is 14.9 Å². The van der Waals surface area contributed by atoms with E-state index in [2.05, 4.69) is 14.9 Å². The number of hydrogen-bond acceptors (Lipinski definition) is 6. The maximum absolute atomic E-state index is 14.3. The van der Waals surface area contributed by atoms with E-state index >= 15 is 0 Å². The minimum absolute atomic E-state index is 0.0137. The predicted octanol–water partition coefficient (Wildman–Crippen LogP) is 6.56. The number of imidazole rings is 1. The Kier molecular flexibility index (Phi) is 9.91. The van der Waals surface area contributed by atoms with Crippen molar-refractivity contribution >= 4 is 11.9 Å². The molecule has 5 rings (SSSR count). The van der Waals surface area contributed by atoms with Crippen LogP contribution in [0, 0.1) is 10.8 Å². The number of halogens is 3. The molecule has 3 aromatic rings. The molecular weight excluding hydrogens is 615 g/mol. The van der Waals surface area contributed by atoms with Crippen LogP contribution < -0.4 is 14.8 Å². The van der Waals surface area contributed by atoms with Crippen LogP contribution in [0.3, 0.4) is 0 Å². The number of carboxylic acids is 2. The van der Waals surface area contributed by atoms with Crippen molar-refractivity contribution < 1.29 is 42.4 Å². The van der Waals surface area contributed by atoms with Crippen LogP contribution in [0.5, 0.6) is 11.5 Å². The van der Waals surface area contributed by atoms with Gasteiger partial charge < -0.3 is 29.6 Å². The Morgan fingerprint density at radius 1 is 0.979 bits per heavy atom. The Balaban J connectivity index is 1.28. The molecule has 0 aliphatic carbocycles. The summed E-state index contributed by atoms with van der Waals surface area (Å²) in [6, 6.07) is 10.7. The Morgan fingerprint density at radius 2 is 1.66 bits per heavy atom. The summed E-state index contributed by atoms with van der Waals surface area (Å²) in [4.78, 5) is 30.6. The summed E-state index contributed by atoms with van der Waals surface area (Å²) in [5.74, 6) is -1.82. The number of aryl methyl sites for hydroxylation is 1. The number of nitrogens with one attached hydrogen (secondary N) is 1. The van der Waals surface area contributed by atoms with Crippen molar-refractivity contribution in [3.05, 3.63) is 77.9 Å². The molecule has 0 radical (unpaired) electrons. The highest BCUT2D eigenvalue weighted by Crippen LogP contribution is 2.59. The molecule has 2 aliphatic heterocycles. The van der Waals surface area contributed by atoms with Gasteiger partial charge in [0.05, 0.1) is 16.4 Å². The molecule has 3 N–H and O–H groups in total. The third-order valence-corrected chi connectivity index (χ3v) is 10.2. The zero-order chi connectivity index (χ0) is 34.0. The molecule has 2 aliphatic rings. The maximum atomic E-state index is 14.3. The largest absolute Gasteiger partial charge is 0.486 e. The van der Waals surface area contributed by atoms with E-state index < -0.39 is 52.5 Å². The number of benzene rings is 2. The molecule has 1 saturated heterocycles. The summed E-state index contributed by atoms with van der Waals surface area (Å²) in [5.41, 5.74) is -4.94. The summed E-state index contributed by atoms with van der Waals surface area (Å²) in [7, 11) is 0. The van der Waals surface area contributed by atoms with E-state index in [0.717, 1.165) is 24.7 Å². The summed E-state index contributed by atoms with van der Waals surface area (Å²) in [6.45, 7) is 5.68. The number of unbranched alkanes of at least 4 members (excludes halogenated alkanes) is 3. The topological polar surface area (TPSA) is 123 Å². The van der Waals surface area contributed by atoms with Gasteiger partial charge in [-0.1, -0.05) is 49.6 Å². The fourth-order valence-electron chi connectivity index (χ4n) is 7.58. The summed E-state index contributed by atoms with van der Waals surface area (Å²) in [5, 5.41) is 24.4. The number of ether oxygens (including phenoxy) is 2. The van der Waals surface area contributed by atoms with E-state index in [1.807, 2.05) is 30.5 Å². The van der Waals surface area contributed by atoms with Crippen LogP contribution in [0.1, 0.15) is 75.7 Å². The van der Waals surface area contributed by atoms with E-state index in [-0.39, 0.29) is 18.1 Å². The minimum atomic E-state index is -4.79. The zero-order valence-electron chi connectivity index (χ0n) is 26.8. The van der Waals surface area contributed by atoms with Gasteiger partial charge in [-0.3, -0.25) is 9.59 Å². The first-order valence-corrected chi connectivity index (χ1v) is 16.1. The van der Waals surface area contributed by atoms with E-state index in [9.17, 15) is 33.0 Å². The molecule has 254 valence electrons. The van der Waals surface area contributed by atoms with Gasteiger partial charge in [-0.2, -0.15) is 13.2 Å². The van der Waals surface area contributed by atoms with Crippen molar-refractivity contribution in [2.45, 2.75) is 96.1 Å². The maximum Gasteiger partial charge on any atom is 0.416 e. The SMILES string of the molecule is CC1NC(C)C(CCCCCCn2ccnc2CC2COc3ccccc3O2)(C(=O)O)C(c2ccccc2C(F)(F)F)C1(C)C(=O)O. The first-order valence-electron chi connectivity index (χ1n) is 16.1. The van der Waals surface area contributed by atoms with Crippen LogP contribution in [0.4, 0.5) is 13.2 Å². The number of alkyl halides is 3. The fraction of sp³-hybridized carbons (Fsp3) is 0.514. The third kappa shape index (κ3) is 6.57. The summed E-state index contributed by atoms with van der Waals surface area (Å²) < 4.78 is 56.9. The number of nitrogens with zero attached hydrogens (tertiary/aromatic N) is 2. The van der Waals surface area contributed by atoms with Gasteiger partial charge in [-0.25, -0.2) is 4.98 Å². The molecule has 1 fully saturated rings. The zero-order valence-corrected chi connectivity index (χ0v) is 26.8. The number of aromatic nitrogens is 2. The molecule has 9 nitrogen and oxygen atoms in total. The van der Waals surface area contributed by atoms with Crippen molar-refractivity contribution in [1.29, 1.82) is 0 Å². The van der Waals surface area contributed by atoms with Gasteiger partial charge in [0.15, 0.2) is 11.5 Å². The third-order valence-electron chi connectivity index (χ3n) is 10.2. The highest BCUT2D eigenvalue weighted by Gasteiger charge is 2.65. The number of carbonyl (C=O) groups is 2. The van der Waals surface area contributed by atoms with E-state index in [0.29, 0.717) is 43.9 Å². The van der Waals surface area contributed by atoms with Crippen molar-refractivity contribution in [3.63, 3.8) is 0 Å². The van der Waals surface area contributed by atoms with Gasteiger partial charge in [0, 0.05) is 43.4 Å². The Labute approximate surface area is 272 Å². The smallest absolute Gasteiger partial charge is 0.416 e. The van der Waals surface area contributed by atoms with E-state index in [4.69, 9.17) is 9.47 Å². The van der Waals surface area contributed by atoms with Crippen molar-refractivity contribution in [3.8, 4) is 11.5 Å². The number of fused-ring (bicyclic) bond motifs is 1. The monoisotopic (exact) mass is 657 g/mol. The molecule has 6 atom stereocenters. The normalized spacial score (nSPS) is 27.4. The minimum Gasteiger partial charge on any atom is -0.486 e. The molecule has 6 unspecified atom stereocenters. The molecule has 1 aromatic heterocycles. The first-order chi connectivity index (χ1) is 22.3. The summed E-state index contributed by atoms with van der Waals surface area (Å²) >= 11 is 0. The molecule has 47 heavy (non-hydrogen) atoms. The van der Waals surface area contributed by atoms with Gasteiger partial charge in [-0.15, -0.1) is 0 Å². The second-order valence-corrected chi connectivity index (χ2v) is 13.0. The molecule has 12 heteroatoms. The van der Waals surface area contributed by atoms with Gasteiger partial charge in [0.2, 0.25) is 0 Å². The number of para-hydroxylation sites is 2. The van der Waals surface area contributed by atoms with Crippen LogP contribution in [-0.2, 0) is 28.7 Å². The Hall–Kier alpha value is -4.06. The lowest BCUT2D eigenvalue weighted by molar-refractivity contribution is -0.173. The quantitative estimate of drug-likeness (QED) is 0.187. The number of piperidine rings is 1. The van der Waals surface area contributed by atoms with Crippen molar-refractivity contribution in [2.75, 3.05) is 6.61 Å². The molecule has 0 amide bonds. The first kappa shape index (κ1) is 34.3. The second-order valence-electron chi connectivity index (χ2n) is 13.0. The predicted molar refractivity (Wildman–Crippen MR) is 167 cm³/mol. The fourth-order valence-corrected chi connectivity index (χ4v) is 7.58. The molecule has 0 spiro atoms. The molecule has 0 bridgehead atoms. The second kappa shape index (κ2) is 13.6. The van der Waals surface area contributed by atoms with Crippen LogP contribution in [0.2, 0.25) is 0 Å². The average Bonchev–Trinajstić information content (AvgIpc) is 3.47. The van der Waals surface area contributed by atoms with E-state index in [1.165, 1.54) is 25.1 Å². The molecule has 3 heterocycles. The van der Waals surface area contributed by atoms with Crippen LogP contribution in [0.15, 0.2) is 60.9 Å². The van der Waals surface area contributed by atoms with Crippen LogP contribution in [0.25, 0.3) is 0 Å². The Morgan fingerprint density at radius 3 is 2.36 bits per heavy atom. The molecular formula is C35H42F3N3O6. The molecule has 2 aromatic carbocycles. The lowest BCUT2D eigenvalue weighted by atomic mass is 9.50. The van der Waals surface area contributed by atoms with Gasteiger partial charge >= 0.3 is 18.1 Å². The van der Waals surface area contributed by atoms with Crippen LogP contribution >= 0.6 is 0 Å². The summed E-state index contributed by atoms with van der Waals surface area (Å²) in [6.07, 6.45) is 1.77. The average molecular weight is 658 g/mol. The highest BCUT2D eigenvalue weighted by atomic mass is 19.4. The van der Waals surface area contributed by atoms with Gasteiger partial charge in [0.25, 0.3) is 0 Å². The van der Waals surface area contributed by atoms with Gasteiger partial charge in [0.1, 0.15) is 18.5 Å². The lowest BCUT2D eigenvalue weighted by Crippen LogP contribution is -2.69.